The summed E-state index contributed by atoms with van der Waals surface area (Å²) in [5, 5.41) is 5.82. The number of benzene rings is 1. The molecule has 212 valence electrons. The van der Waals surface area contributed by atoms with Gasteiger partial charge in [0.05, 0.1) is 25.5 Å². The number of allylic oxidation sites excluding steroid dienone is 2. The molecule has 0 aliphatic carbocycles. The van der Waals surface area contributed by atoms with Gasteiger partial charge in [-0.25, -0.2) is 4.79 Å². The van der Waals surface area contributed by atoms with Crippen LogP contribution in [0.1, 0.15) is 50.2 Å². The van der Waals surface area contributed by atoms with E-state index >= 15 is 0 Å². The van der Waals surface area contributed by atoms with Gasteiger partial charge in [0.25, 0.3) is 0 Å². The Kier molecular flexibility index (Phi) is 8.89. The fraction of sp³-hybridized carbons (Fsp3) is 0.400. The standard InChI is InChI=1S/C30H37N5O5/c1-5-27(37)32-30(33-28(38)40-29(2,3)4)24(25-10-6-7-15-31-25)9-8-16-35(30)21-26(36)22-11-13-23(14-12-22)34-17-19-39-20-18-34/h6-16H,5,17-21H2,1-4H3,(H,32,37)(H,33,38)/t30-/m0/s1. The SMILES string of the molecule is CCC(=O)N[C@]1(NC(=O)OC(C)(C)C)C(c2ccccn2)=CC=CN1CC(=O)c1ccc(N2CCOCC2)cc1. The van der Waals surface area contributed by atoms with Crippen LogP contribution in [0, 0.1) is 0 Å². The van der Waals surface area contributed by atoms with Gasteiger partial charge in [-0.3, -0.25) is 19.9 Å². The van der Waals surface area contributed by atoms with E-state index in [0.29, 0.717) is 30.0 Å². The van der Waals surface area contributed by atoms with Gasteiger partial charge in [0.15, 0.2) is 5.78 Å². The van der Waals surface area contributed by atoms with Gasteiger partial charge in [-0.1, -0.05) is 13.0 Å². The van der Waals surface area contributed by atoms with Gasteiger partial charge >= 0.3 is 6.09 Å². The third-order valence-corrected chi connectivity index (χ3v) is 6.49. The van der Waals surface area contributed by atoms with E-state index in [2.05, 4.69) is 20.5 Å². The molecule has 10 heteroatoms. The van der Waals surface area contributed by atoms with Crippen molar-refractivity contribution in [2.75, 3.05) is 37.7 Å². The number of alkyl carbamates (subject to hydrolysis) is 1. The minimum absolute atomic E-state index is 0.142. The zero-order valence-corrected chi connectivity index (χ0v) is 23.5. The second-order valence-electron chi connectivity index (χ2n) is 10.6. The lowest BCUT2D eigenvalue weighted by Gasteiger charge is -2.46. The van der Waals surface area contributed by atoms with E-state index in [0.717, 1.165) is 18.8 Å². The number of nitrogens with one attached hydrogen (secondary N) is 2. The van der Waals surface area contributed by atoms with Gasteiger partial charge in [-0.05, 0) is 69.3 Å². The third-order valence-electron chi connectivity index (χ3n) is 6.49. The highest BCUT2D eigenvalue weighted by atomic mass is 16.6. The summed E-state index contributed by atoms with van der Waals surface area (Å²) in [7, 11) is 0. The predicted octanol–water partition coefficient (Wildman–Crippen LogP) is 3.72. The summed E-state index contributed by atoms with van der Waals surface area (Å²) in [4.78, 5) is 48.0. The largest absolute Gasteiger partial charge is 0.444 e. The number of rotatable bonds is 8. The molecule has 2 aromatic rings. The molecule has 1 aromatic carbocycles. The van der Waals surface area contributed by atoms with Gasteiger partial charge in [0.1, 0.15) is 5.60 Å². The summed E-state index contributed by atoms with van der Waals surface area (Å²) < 4.78 is 11.0. The zero-order valence-electron chi connectivity index (χ0n) is 23.5. The number of carbonyl (C=O) groups is 3. The number of amides is 2. The van der Waals surface area contributed by atoms with Crippen molar-refractivity contribution in [3.8, 4) is 0 Å². The van der Waals surface area contributed by atoms with Gasteiger partial charge in [-0.15, -0.1) is 0 Å². The molecule has 4 rings (SSSR count). The number of hydrogen-bond donors (Lipinski definition) is 2. The molecule has 10 nitrogen and oxygen atoms in total. The molecule has 2 N–H and O–H groups in total. The number of anilines is 1. The van der Waals surface area contributed by atoms with Crippen molar-refractivity contribution in [1.29, 1.82) is 0 Å². The maximum Gasteiger partial charge on any atom is 0.411 e. The lowest BCUT2D eigenvalue weighted by molar-refractivity contribution is -0.124. The molecule has 40 heavy (non-hydrogen) atoms. The monoisotopic (exact) mass is 547 g/mol. The first-order valence-electron chi connectivity index (χ1n) is 13.5. The van der Waals surface area contributed by atoms with Crippen molar-refractivity contribution in [2.45, 2.75) is 45.5 Å². The number of Topliss-reactive ketones (excluding diaryl/α,β-unsaturated/α-hetero) is 1. The van der Waals surface area contributed by atoms with Crippen LogP contribution < -0.4 is 15.5 Å². The van der Waals surface area contributed by atoms with Crippen LogP contribution in [0.15, 0.2) is 67.0 Å². The van der Waals surface area contributed by atoms with Gasteiger partial charge < -0.3 is 24.6 Å². The summed E-state index contributed by atoms with van der Waals surface area (Å²) in [6.45, 7) is 9.76. The minimum Gasteiger partial charge on any atom is -0.444 e. The quantitative estimate of drug-likeness (QED) is 0.380. The zero-order chi connectivity index (χ0) is 28.8. The Morgan fingerprint density at radius 1 is 1.05 bits per heavy atom. The third kappa shape index (κ3) is 6.87. The fourth-order valence-corrected chi connectivity index (χ4v) is 4.57. The number of ketones is 1. The fourth-order valence-electron chi connectivity index (χ4n) is 4.57. The highest BCUT2D eigenvalue weighted by Gasteiger charge is 2.46. The van der Waals surface area contributed by atoms with Gasteiger partial charge in [-0.2, -0.15) is 0 Å². The predicted molar refractivity (Wildman–Crippen MR) is 152 cm³/mol. The molecular formula is C30H37N5O5. The highest BCUT2D eigenvalue weighted by Crippen LogP contribution is 2.32. The van der Waals surface area contributed by atoms with Crippen molar-refractivity contribution < 1.29 is 23.9 Å². The minimum atomic E-state index is -1.64. The average Bonchev–Trinajstić information content (AvgIpc) is 2.94. The topological polar surface area (TPSA) is 113 Å². The van der Waals surface area contributed by atoms with Gasteiger partial charge in [0.2, 0.25) is 11.7 Å². The first-order valence-corrected chi connectivity index (χ1v) is 13.5. The summed E-state index contributed by atoms with van der Waals surface area (Å²) >= 11 is 0. The number of ether oxygens (including phenoxy) is 2. The van der Waals surface area contributed by atoms with Gasteiger partial charge in [0, 0.05) is 48.7 Å². The van der Waals surface area contributed by atoms with E-state index in [1.165, 1.54) is 0 Å². The summed E-state index contributed by atoms with van der Waals surface area (Å²) in [5.41, 5.74) is 1.74. The van der Waals surface area contributed by atoms with Crippen LogP contribution >= 0.6 is 0 Å². The van der Waals surface area contributed by atoms with E-state index < -0.39 is 17.5 Å². The smallest absolute Gasteiger partial charge is 0.411 e. The molecule has 1 saturated heterocycles. The first-order chi connectivity index (χ1) is 19.1. The molecule has 2 aliphatic heterocycles. The molecule has 0 saturated carbocycles. The Hall–Kier alpha value is -4.18. The molecule has 1 atom stereocenters. The number of hydrogen-bond acceptors (Lipinski definition) is 8. The van der Waals surface area contributed by atoms with Crippen molar-refractivity contribution in [2.24, 2.45) is 0 Å². The number of nitrogens with zero attached hydrogens (tertiary/aromatic N) is 3. The Labute approximate surface area is 235 Å². The number of pyridine rings is 1. The lowest BCUT2D eigenvalue weighted by atomic mass is 9.97. The van der Waals surface area contributed by atoms with Crippen molar-refractivity contribution in [3.63, 3.8) is 0 Å². The van der Waals surface area contributed by atoms with E-state index in [4.69, 9.17) is 9.47 Å². The second kappa shape index (κ2) is 12.3. The van der Waals surface area contributed by atoms with Crippen LogP contribution in [0.2, 0.25) is 0 Å². The molecule has 2 amide bonds. The van der Waals surface area contributed by atoms with E-state index in [1.54, 1.807) is 81.4 Å². The highest BCUT2D eigenvalue weighted by molar-refractivity contribution is 5.98. The average molecular weight is 548 g/mol. The van der Waals surface area contributed by atoms with Crippen LogP contribution in [-0.4, -0.2) is 71.9 Å². The van der Waals surface area contributed by atoms with Crippen molar-refractivity contribution in [3.05, 3.63) is 78.3 Å². The van der Waals surface area contributed by atoms with Crippen molar-refractivity contribution in [1.82, 2.24) is 20.5 Å². The van der Waals surface area contributed by atoms with Crippen molar-refractivity contribution >= 4 is 29.0 Å². The van der Waals surface area contributed by atoms with Crippen LogP contribution in [0.25, 0.3) is 5.57 Å². The molecule has 0 radical (unpaired) electrons. The molecule has 0 unspecified atom stereocenters. The Balaban J connectivity index is 1.68. The van der Waals surface area contributed by atoms with Crippen LogP contribution in [0.3, 0.4) is 0 Å². The maximum atomic E-state index is 13.6. The molecule has 1 fully saturated rings. The summed E-state index contributed by atoms with van der Waals surface area (Å²) in [5.74, 6) is -2.16. The Morgan fingerprint density at radius 3 is 2.40 bits per heavy atom. The molecule has 0 spiro atoms. The van der Waals surface area contributed by atoms with E-state index in [1.807, 2.05) is 18.2 Å². The van der Waals surface area contributed by atoms with Crippen LogP contribution in [-0.2, 0) is 14.3 Å². The first kappa shape index (κ1) is 28.8. The molecule has 1 aromatic heterocycles. The Bertz CT molecular complexity index is 1260. The van der Waals surface area contributed by atoms with E-state index in [9.17, 15) is 14.4 Å². The number of aromatic nitrogens is 1. The lowest BCUT2D eigenvalue weighted by Crippen LogP contribution is -2.70. The molecule has 0 bridgehead atoms. The second-order valence-corrected chi connectivity index (χ2v) is 10.6. The van der Waals surface area contributed by atoms with Crippen LogP contribution in [0.4, 0.5) is 10.5 Å². The van der Waals surface area contributed by atoms with E-state index in [-0.39, 0.29) is 24.7 Å². The molecular weight excluding hydrogens is 510 g/mol. The summed E-state index contributed by atoms with van der Waals surface area (Å²) in [6.07, 6.45) is 6.20. The number of morpholine rings is 1. The molecule has 3 heterocycles. The number of carbonyl (C=O) groups excluding carboxylic acids is 3. The summed E-state index contributed by atoms with van der Waals surface area (Å²) in [6, 6.07) is 12.8. The Morgan fingerprint density at radius 2 is 1.77 bits per heavy atom. The normalized spacial score (nSPS) is 19.1. The maximum absolute atomic E-state index is 13.6. The molecule has 2 aliphatic rings. The van der Waals surface area contributed by atoms with Crippen LogP contribution in [0.5, 0.6) is 0 Å².